The summed E-state index contributed by atoms with van der Waals surface area (Å²) >= 11 is 0. The first-order valence-corrected chi connectivity index (χ1v) is 12.8. The Labute approximate surface area is 226 Å². The number of para-hydroxylation sites is 1. The van der Waals surface area contributed by atoms with Crippen LogP contribution in [-0.2, 0) is 22.4 Å². The van der Waals surface area contributed by atoms with Gasteiger partial charge in [-0.25, -0.2) is 18.2 Å². The first-order chi connectivity index (χ1) is 19.4. The number of rotatable bonds is 7. The van der Waals surface area contributed by atoms with Crippen molar-refractivity contribution in [1.29, 1.82) is 0 Å². The summed E-state index contributed by atoms with van der Waals surface area (Å²) in [6.45, 7) is 2.41. The van der Waals surface area contributed by atoms with E-state index in [0.29, 0.717) is 30.9 Å². The van der Waals surface area contributed by atoms with Crippen LogP contribution in [-0.4, -0.2) is 34.1 Å². The summed E-state index contributed by atoms with van der Waals surface area (Å²) in [7, 11) is 0. The number of fused-ring (bicyclic) bond motifs is 2. The van der Waals surface area contributed by atoms with Gasteiger partial charge in [-0.05, 0) is 43.2 Å². The fourth-order valence-electron chi connectivity index (χ4n) is 4.95. The quantitative estimate of drug-likeness (QED) is 0.224. The number of carbonyl (C=O) groups is 1. The van der Waals surface area contributed by atoms with E-state index in [9.17, 15) is 18.0 Å². The zero-order chi connectivity index (χ0) is 27.8. The minimum absolute atomic E-state index is 0.0473. The van der Waals surface area contributed by atoms with Gasteiger partial charge in [-0.15, -0.1) is 0 Å². The van der Waals surface area contributed by atoms with E-state index in [1.165, 1.54) is 24.4 Å². The van der Waals surface area contributed by atoms with E-state index in [1.807, 2.05) is 18.2 Å². The van der Waals surface area contributed by atoms with Gasteiger partial charge in [0.05, 0.1) is 30.7 Å². The molecule has 2 aromatic heterocycles. The Kier molecular flexibility index (Phi) is 6.67. The van der Waals surface area contributed by atoms with Gasteiger partial charge in [-0.1, -0.05) is 18.2 Å². The standard InChI is InChI=1S/C30H24F3N3O4/c1-2-38-26(37)11-17-5-3-4-16-10-18(15-39-28(16)17)25-14-35-30(36-25)21-12-19(6-7-22(21)31)40-29-23(32)13-24-20(27(29)33)8-9-34-24/h3-9,12-14,18,34H,2,10-11,15H2,1H3,(H,35,36)/t18-/m1/s1. The summed E-state index contributed by atoms with van der Waals surface area (Å²) in [5.74, 6) is -2.34. The van der Waals surface area contributed by atoms with Crippen molar-refractivity contribution in [2.75, 3.05) is 13.2 Å². The van der Waals surface area contributed by atoms with E-state index in [2.05, 4.69) is 15.0 Å². The molecule has 6 rings (SSSR count). The number of benzene rings is 3. The topological polar surface area (TPSA) is 89.2 Å². The van der Waals surface area contributed by atoms with Crippen LogP contribution in [0.3, 0.4) is 0 Å². The first-order valence-electron chi connectivity index (χ1n) is 12.8. The molecule has 3 aromatic carbocycles. The zero-order valence-corrected chi connectivity index (χ0v) is 21.4. The normalized spacial score (nSPS) is 14.6. The molecule has 0 saturated carbocycles. The molecule has 7 nitrogen and oxygen atoms in total. The van der Waals surface area contributed by atoms with E-state index >= 15 is 0 Å². The molecular weight excluding hydrogens is 523 g/mol. The molecule has 0 unspecified atom stereocenters. The highest BCUT2D eigenvalue weighted by molar-refractivity contribution is 5.82. The maximum absolute atomic E-state index is 14.9. The molecule has 0 saturated heterocycles. The van der Waals surface area contributed by atoms with Crippen LogP contribution in [0.15, 0.2) is 60.9 Å². The molecule has 1 atom stereocenters. The highest BCUT2D eigenvalue weighted by atomic mass is 19.1. The number of halogens is 3. The number of ether oxygens (including phenoxy) is 3. The van der Waals surface area contributed by atoms with Crippen molar-refractivity contribution < 1.29 is 32.2 Å². The third-order valence-corrected chi connectivity index (χ3v) is 6.86. The maximum Gasteiger partial charge on any atom is 0.310 e. The highest BCUT2D eigenvalue weighted by Crippen LogP contribution is 2.37. The third kappa shape index (κ3) is 4.76. The SMILES string of the molecule is CCOC(=O)Cc1cccc2c1OC[C@H](c1cnc(-c3cc(Oc4c(F)cc5[nH]ccc5c4F)ccc3F)[nH]1)C2. The van der Waals surface area contributed by atoms with Crippen molar-refractivity contribution in [1.82, 2.24) is 15.0 Å². The van der Waals surface area contributed by atoms with Gasteiger partial charge < -0.3 is 24.2 Å². The smallest absolute Gasteiger partial charge is 0.310 e. The Morgan fingerprint density at radius 1 is 1.12 bits per heavy atom. The Balaban J connectivity index is 1.23. The van der Waals surface area contributed by atoms with Gasteiger partial charge in [0.15, 0.2) is 17.4 Å². The summed E-state index contributed by atoms with van der Waals surface area (Å²) in [6.07, 6.45) is 3.86. The molecular formula is C30H24F3N3O4. The Morgan fingerprint density at radius 3 is 2.85 bits per heavy atom. The molecule has 1 aliphatic rings. The van der Waals surface area contributed by atoms with Crippen molar-refractivity contribution >= 4 is 16.9 Å². The predicted molar refractivity (Wildman–Crippen MR) is 141 cm³/mol. The number of aromatic amines is 2. The van der Waals surface area contributed by atoms with Crippen LogP contribution < -0.4 is 9.47 Å². The number of nitrogens with one attached hydrogen (secondary N) is 2. The summed E-state index contributed by atoms with van der Waals surface area (Å²) in [4.78, 5) is 22.2. The summed E-state index contributed by atoms with van der Waals surface area (Å²) in [5, 5.41) is 0.179. The maximum atomic E-state index is 14.9. The second-order valence-corrected chi connectivity index (χ2v) is 9.47. The molecule has 10 heteroatoms. The Morgan fingerprint density at radius 2 is 2.00 bits per heavy atom. The zero-order valence-electron chi connectivity index (χ0n) is 21.4. The molecule has 40 heavy (non-hydrogen) atoms. The van der Waals surface area contributed by atoms with Gasteiger partial charge >= 0.3 is 5.97 Å². The molecule has 3 heterocycles. The van der Waals surface area contributed by atoms with Crippen molar-refractivity contribution in [2.45, 2.75) is 25.7 Å². The number of hydrogen-bond donors (Lipinski definition) is 2. The lowest BCUT2D eigenvalue weighted by molar-refractivity contribution is -0.142. The number of aromatic nitrogens is 3. The van der Waals surface area contributed by atoms with Crippen LogP contribution in [0, 0.1) is 17.5 Å². The minimum atomic E-state index is -0.887. The van der Waals surface area contributed by atoms with E-state index in [-0.39, 0.29) is 40.8 Å². The van der Waals surface area contributed by atoms with Gasteiger partial charge in [0.1, 0.15) is 23.1 Å². The minimum Gasteiger partial charge on any atom is -0.492 e. The lowest BCUT2D eigenvalue weighted by atomic mass is 9.92. The van der Waals surface area contributed by atoms with Gasteiger partial charge in [-0.3, -0.25) is 4.79 Å². The number of esters is 1. The summed E-state index contributed by atoms with van der Waals surface area (Å²) < 4.78 is 60.9. The fourth-order valence-corrected chi connectivity index (χ4v) is 4.95. The Bertz CT molecular complexity index is 1730. The third-order valence-electron chi connectivity index (χ3n) is 6.86. The van der Waals surface area contributed by atoms with Gasteiger partial charge in [0.25, 0.3) is 0 Å². The van der Waals surface area contributed by atoms with Crippen molar-refractivity contribution in [3.05, 3.63) is 95.2 Å². The molecule has 204 valence electrons. The van der Waals surface area contributed by atoms with Crippen LogP contribution in [0.5, 0.6) is 17.2 Å². The molecule has 0 amide bonds. The van der Waals surface area contributed by atoms with Crippen molar-refractivity contribution in [3.8, 4) is 28.6 Å². The molecule has 5 aromatic rings. The van der Waals surface area contributed by atoms with Crippen molar-refractivity contribution in [2.24, 2.45) is 0 Å². The van der Waals surface area contributed by atoms with Crippen molar-refractivity contribution in [3.63, 3.8) is 0 Å². The summed E-state index contributed by atoms with van der Waals surface area (Å²) in [6, 6.07) is 12.1. The van der Waals surface area contributed by atoms with E-state index in [1.54, 1.807) is 13.1 Å². The van der Waals surface area contributed by atoms with Crippen LogP contribution in [0.4, 0.5) is 13.2 Å². The second kappa shape index (κ2) is 10.4. The van der Waals surface area contributed by atoms with Crippen LogP contribution in [0.1, 0.15) is 29.7 Å². The number of H-pyrrole nitrogens is 2. The molecule has 0 bridgehead atoms. The largest absolute Gasteiger partial charge is 0.492 e. The fraction of sp³-hybridized carbons (Fsp3) is 0.200. The number of imidazole rings is 1. The molecule has 1 aliphatic heterocycles. The first kappa shape index (κ1) is 25.5. The average Bonchev–Trinajstić information content (AvgIpc) is 3.62. The lowest BCUT2D eigenvalue weighted by Crippen LogP contribution is -2.21. The molecule has 0 radical (unpaired) electrons. The Hall–Kier alpha value is -4.73. The molecule has 0 aliphatic carbocycles. The van der Waals surface area contributed by atoms with Crippen LogP contribution in [0.2, 0.25) is 0 Å². The highest BCUT2D eigenvalue weighted by Gasteiger charge is 2.26. The van der Waals surface area contributed by atoms with E-state index in [4.69, 9.17) is 14.2 Å². The monoisotopic (exact) mass is 547 g/mol. The van der Waals surface area contributed by atoms with Gasteiger partial charge in [0.2, 0.25) is 0 Å². The van der Waals surface area contributed by atoms with Gasteiger partial charge in [0, 0.05) is 41.0 Å². The number of nitrogens with zero attached hydrogens (tertiary/aromatic N) is 1. The van der Waals surface area contributed by atoms with Gasteiger partial charge in [-0.2, -0.15) is 0 Å². The lowest BCUT2D eigenvalue weighted by Gasteiger charge is -2.26. The molecule has 0 fully saturated rings. The average molecular weight is 548 g/mol. The van der Waals surface area contributed by atoms with E-state index < -0.39 is 23.2 Å². The second-order valence-electron chi connectivity index (χ2n) is 9.47. The number of hydrogen-bond acceptors (Lipinski definition) is 5. The van der Waals surface area contributed by atoms with E-state index in [0.717, 1.165) is 29.0 Å². The predicted octanol–water partition coefficient (Wildman–Crippen LogP) is 6.59. The molecule has 2 N–H and O–H groups in total. The molecule has 0 spiro atoms. The van der Waals surface area contributed by atoms with Crippen LogP contribution >= 0.6 is 0 Å². The van der Waals surface area contributed by atoms with Crippen LogP contribution in [0.25, 0.3) is 22.3 Å². The summed E-state index contributed by atoms with van der Waals surface area (Å²) in [5.41, 5.74) is 2.83. The number of carbonyl (C=O) groups excluding carboxylic acids is 1.